The molecule has 0 unspecified atom stereocenters. The van der Waals surface area contributed by atoms with E-state index in [2.05, 4.69) is 41.9 Å². The van der Waals surface area contributed by atoms with Gasteiger partial charge in [0.2, 0.25) is 0 Å². The molecule has 18 heavy (non-hydrogen) atoms. The summed E-state index contributed by atoms with van der Waals surface area (Å²) in [4.78, 5) is 11.0. The molecule has 1 aromatic rings. The van der Waals surface area contributed by atoms with Gasteiger partial charge in [-0.25, -0.2) is 0 Å². The van der Waals surface area contributed by atoms with Crippen LogP contribution in [0.1, 0.15) is 12.0 Å². The average Bonchev–Trinajstić information content (AvgIpc) is 2.33. The van der Waals surface area contributed by atoms with Gasteiger partial charge < -0.3 is 14.8 Å². The molecule has 0 radical (unpaired) electrons. The summed E-state index contributed by atoms with van der Waals surface area (Å²) in [6, 6.07) is 3.91. The first-order chi connectivity index (χ1) is 8.58. The predicted molar refractivity (Wildman–Crippen MR) is 76.7 cm³/mol. The van der Waals surface area contributed by atoms with Crippen molar-refractivity contribution in [1.29, 1.82) is 0 Å². The normalized spacial score (nSPS) is 10.2. The average molecular weight is 381 g/mol. The molecule has 1 aromatic carbocycles. The second-order valence-corrected chi connectivity index (χ2v) is 5.35. The van der Waals surface area contributed by atoms with Crippen molar-refractivity contribution in [2.24, 2.45) is 0 Å². The van der Waals surface area contributed by atoms with E-state index in [-0.39, 0.29) is 5.97 Å². The van der Waals surface area contributed by atoms with Crippen LogP contribution in [0.2, 0.25) is 0 Å². The Morgan fingerprint density at radius 2 is 2.06 bits per heavy atom. The number of rotatable bonds is 6. The molecule has 0 aliphatic heterocycles. The molecule has 100 valence electrons. The van der Waals surface area contributed by atoms with Gasteiger partial charge in [0.1, 0.15) is 5.75 Å². The zero-order valence-corrected chi connectivity index (χ0v) is 13.4. The highest BCUT2D eigenvalue weighted by atomic mass is 79.9. The number of benzene rings is 1. The maximum absolute atomic E-state index is 11.0. The number of esters is 1. The second-order valence-electron chi connectivity index (χ2n) is 3.58. The fourth-order valence-corrected chi connectivity index (χ4v) is 2.96. The minimum absolute atomic E-state index is 0.218. The smallest absolute Gasteiger partial charge is 0.306 e. The van der Waals surface area contributed by atoms with E-state index in [4.69, 9.17) is 4.74 Å². The van der Waals surface area contributed by atoms with Crippen molar-refractivity contribution >= 4 is 37.8 Å². The Morgan fingerprint density at radius 1 is 1.33 bits per heavy atom. The largest absolute Gasteiger partial charge is 0.495 e. The molecule has 1 N–H and O–H groups in total. The third kappa shape index (κ3) is 4.59. The number of carbonyl (C=O) groups is 1. The van der Waals surface area contributed by atoms with Crippen LogP contribution in [0.4, 0.5) is 0 Å². The minimum atomic E-state index is -0.218. The highest BCUT2D eigenvalue weighted by Crippen LogP contribution is 2.32. The fourth-order valence-electron chi connectivity index (χ4n) is 1.49. The fraction of sp³-hybridized carbons (Fsp3) is 0.417. The third-order valence-corrected chi connectivity index (χ3v) is 3.39. The molecule has 6 heteroatoms. The van der Waals surface area contributed by atoms with E-state index >= 15 is 0 Å². The molecule has 0 spiro atoms. The predicted octanol–water partition coefficient (Wildman–Crippen LogP) is 2.87. The van der Waals surface area contributed by atoms with E-state index in [1.807, 2.05) is 12.1 Å². The van der Waals surface area contributed by atoms with Crippen molar-refractivity contribution in [1.82, 2.24) is 5.32 Å². The molecule has 0 saturated carbocycles. The van der Waals surface area contributed by atoms with E-state index in [1.54, 1.807) is 7.11 Å². The first kappa shape index (κ1) is 15.5. The van der Waals surface area contributed by atoms with Crippen LogP contribution in [0, 0.1) is 0 Å². The monoisotopic (exact) mass is 379 g/mol. The van der Waals surface area contributed by atoms with Gasteiger partial charge in [0.05, 0.1) is 25.1 Å². The lowest BCUT2D eigenvalue weighted by Gasteiger charge is -2.12. The zero-order chi connectivity index (χ0) is 13.5. The van der Waals surface area contributed by atoms with E-state index in [0.717, 1.165) is 20.3 Å². The first-order valence-electron chi connectivity index (χ1n) is 5.38. The van der Waals surface area contributed by atoms with Crippen LogP contribution in [-0.4, -0.2) is 26.7 Å². The number of ether oxygens (including phenoxy) is 2. The lowest BCUT2D eigenvalue weighted by Crippen LogP contribution is -2.18. The van der Waals surface area contributed by atoms with Crippen molar-refractivity contribution < 1.29 is 14.3 Å². The van der Waals surface area contributed by atoms with E-state index < -0.39 is 0 Å². The lowest BCUT2D eigenvalue weighted by molar-refractivity contribution is -0.140. The zero-order valence-electron chi connectivity index (χ0n) is 10.3. The van der Waals surface area contributed by atoms with Gasteiger partial charge in [-0.3, -0.25) is 4.79 Å². The number of nitrogens with one attached hydrogen (secondary N) is 1. The van der Waals surface area contributed by atoms with E-state index in [1.165, 1.54) is 7.11 Å². The molecule has 0 aliphatic carbocycles. The standard InChI is InChI=1S/C12H15Br2NO3/c1-17-11(16)3-4-15-7-8-5-9(13)6-10(14)12(8)18-2/h5-6,15H,3-4,7H2,1-2H3. The summed E-state index contributed by atoms with van der Waals surface area (Å²) in [6.07, 6.45) is 0.355. The molecular formula is C12H15Br2NO3. The van der Waals surface area contributed by atoms with Gasteiger partial charge in [-0.15, -0.1) is 0 Å². The topological polar surface area (TPSA) is 47.6 Å². The molecule has 0 saturated heterocycles. The van der Waals surface area contributed by atoms with Gasteiger partial charge in [0, 0.05) is 23.1 Å². The van der Waals surface area contributed by atoms with Crippen LogP contribution in [0.25, 0.3) is 0 Å². The Bertz CT molecular complexity index is 424. The summed E-state index contributed by atoms with van der Waals surface area (Å²) in [5.74, 6) is 0.577. The summed E-state index contributed by atoms with van der Waals surface area (Å²) in [7, 11) is 3.02. The molecular weight excluding hydrogens is 366 g/mol. The molecule has 0 fully saturated rings. The molecule has 0 heterocycles. The highest BCUT2D eigenvalue weighted by molar-refractivity contribution is 9.11. The van der Waals surface area contributed by atoms with Crippen molar-refractivity contribution in [3.8, 4) is 5.75 Å². The SMILES string of the molecule is COC(=O)CCNCc1cc(Br)cc(Br)c1OC. The molecule has 0 atom stereocenters. The van der Waals surface area contributed by atoms with Crippen molar-refractivity contribution in [2.75, 3.05) is 20.8 Å². The van der Waals surface area contributed by atoms with Crippen molar-refractivity contribution in [3.05, 3.63) is 26.6 Å². The van der Waals surface area contributed by atoms with Gasteiger partial charge in [0.25, 0.3) is 0 Å². The summed E-state index contributed by atoms with van der Waals surface area (Å²) in [6.45, 7) is 1.19. The Balaban J connectivity index is 2.58. The second kappa shape index (κ2) is 7.76. The van der Waals surface area contributed by atoms with Crippen LogP contribution < -0.4 is 10.1 Å². The Labute approximate surface area is 123 Å². The number of hydrogen-bond donors (Lipinski definition) is 1. The maximum atomic E-state index is 11.0. The van der Waals surface area contributed by atoms with Gasteiger partial charge in [0.15, 0.2) is 0 Å². The van der Waals surface area contributed by atoms with Gasteiger partial charge in [-0.05, 0) is 28.1 Å². The summed E-state index contributed by atoms with van der Waals surface area (Å²) in [5, 5.41) is 3.17. The third-order valence-electron chi connectivity index (χ3n) is 2.34. The van der Waals surface area contributed by atoms with Gasteiger partial charge in [-0.1, -0.05) is 15.9 Å². The van der Waals surface area contributed by atoms with Crippen LogP contribution in [0.3, 0.4) is 0 Å². The molecule has 0 aromatic heterocycles. The molecule has 0 amide bonds. The van der Waals surface area contributed by atoms with Gasteiger partial charge in [-0.2, -0.15) is 0 Å². The molecule has 0 bridgehead atoms. The number of methoxy groups -OCH3 is 2. The van der Waals surface area contributed by atoms with Crippen LogP contribution in [-0.2, 0) is 16.1 Å². The van der Waals surface area contributed by atoms with E-state index in [0.29, 0.717) is 19.5 Å². The minimum Gasteiger partial charge on any atom is -0.495 e. The Kier molecular flexibility index (Phi) is 6.67. The first-order valence-corrected chi connectivity index (χ1v) is 6.96. The lowest BCUT2D eigenvalue weighted by atomic mass is 10.2. The number of carbonyl (C=O) groups excluding carboxylic acids is 1. The van der Waals surface area contributed by atoms with Crippen molar-refractivity contribution in [2.45, 2.75) is 13.0 Å². The van der Waals surface area contributed by atoms with Crippen LogP contribution in [0.5, 0.6) is 5.75 Å². The van der Waals surface area contributed by atoms with E-state index in [9.17, 15) is 4.79 Å². The quantitative estimate of drug-likeness (QED) is 0.608. The maximum Gasteiger partial charge on any atom is 0.306 e. The molecule has 4 nitrogen and oxygen atoms in total. The Hall–Kier alpha value is -0.590. The van der Waals surface area contributed by atoms with Crippen molar-refractivity contribution in [3.63, 3.8) is 0 Å². The summed E-state index contributed by atoms with van der Waals surface area (Å²) >= 11 is 6.88. The summed E-state index contributed by atoms with van der Waals surface area (Å²) < 4.78 is 11.8. The highest BCUT2D eigenvalue weighted by Gasteiger charge is 2.09. The summed E-state index contributed by atoms with van der Waals surface area (Å²) in [5.41, 5.74) is 1.02. The van der Waals surface area contributed by atoms with Crippen LogP contribution >= 0.6 is 31.9 Å². The van der Waals surface area contributed by atoms with Gasteiger partial charge >= 0.3 is 5.97 Å². The molecule has 0 aliphatic rings. The van der Waals surface area contributed by atoms with Crippen LogP contribution in [0.15, 0.2) is 21.1 Å². The Morgan fingerprint density at radius 3 is 2.67 bits per heavy atom. The molecule has 1 rings (SSSR count). The number of halogens is 2. The number of hydrogen-bond acceptors (Lipinski definition) is 4.